The number of carbonyl (C=O) groups is 2. The molecule has 142 valence electrons. The molecular weight excluding hydrogens is 495 g/mol. The standard InChI is InChI=1S/C19H13IN2O5S/c20-14-7-6-12(8-15(14)22(26)27)18(24)16-9-13(10-17(23)21-25)19(28-16)11-4-2-1-3-5-11/h1-9,25H,10H2,(H,21,23). The fraction of sp³-hybridized carbons (Fsp3) is 0.0526. The number of nitrogens with one attached hydrogen (secondary N) is 1. The Morgan fingerprint density at radius 2 is 1.86 bits per heavy atom. The van der Waals surface area contributed by atoms with Gasteiger partial charge in [0.1, 0.15) is 0 Å². The second kappa shape index (κ2) is 8.59. The van der Waals surface area contributed by atoms with Gasteiger partial charge in [-0.05, 0) is 51.9 Å². The maximum atomic E-state index is 12.9. The maximum absolute atomic E-state index is 12.9. The number of nitrogens with zero attached hydrogens (tertiary/aromatic N) is 1. The van der Waals surface area contributed by atoms with Gasteiger partial charge in [0.05, 0.1) is 19.8 Å². The Balaban J connectivity index is 2.05. The number of nitro benzene ring substituents is 1. The van der Waals surface area contributed by atoms with Gasteiger partial charge in [0, 0.05) is 16.5 Å². The highest BCUT2D eigenvalue weighted by molar-refractivity contribution is 14.1. The van der Waals surface area contributed by atoms with Crippen molar-refractivity contribution in [2.45, 2.75) is 6.42 Å². The van der Waals surface area contributed by atoms with Crippen LogP contribution >= 0.6 is 33.9 Å². The van der Waals surface area contributed by atoms with Crippen LogP contribution in [-0.2, 0) is 11.2 Å². The van der Waals surface area contributed by atoms with Crippen LogP contribution in [0.1, 0.15) is 20.8 Å². The molecule has 0 unspecified atom stereocenters. The van der Waals surface area contributed by atoms with Crippen molar-refractivity contribution in [1.82, 2.24) is 5.48 Å². The number of ketones is 1. The molecule has 0 spiro atoms. The molecule has 1 aromatic heterocycles. The van der Waals surface area contributed by atoms with Crippen molar-refractivity contribution >= 4 is 51.3 Å². The van der Waals surface area contributed by atoms with Crippen molar-refractivity contribution in [3.63, 3.8) is 0 Å². The molecule has 7 nitrogen and oxygen atoms in total. The van der Waals surface area contributed by atoms with Crippen LogP contribution in [0.15, 0.2) is 54.6 Å². The molecule has 28 heavy (non-hydrogen) atoms. The van der Waals surface area contributed by atoms with Crippen LogP contribution in [0.4, 0.5) is 5.69 Å². The fourth-order valence-electron chi connectivity index (χ4n) is 2.65. The first-order valence-corrected chi connectivity index (χ1v) is 9.90. The number of hydrogen-bond donors (Lipinski definition) is 2. The lowest BCUT2D eigenvalue weighted by Gasteiger charge is -2.02. The van der Waals surface area contributed by atoms with E-state index in [1.807, 2.05) is 52.9 Å². The minimum atomic E-state index is -0.598. The molecule has 0 radical (unpaired) electrons. The lowest BCUT2D eigenvalue weighted by atomic mass is 10.0. The predicted octanol–water partition coefficient (Wildman–Crippen LogP) is 4.21. The topological polar surface area (TPSA) is 110 Å². The highest BCUT2D eigenvalue weighted by atomic mass is 127. The average molecular weight is 508 g/mol. The third kappa shape index (κ3) is 4.26. The van der Waals surface area contributed by atoms with Crippen molar-refractivity contribution < 1.29 is 19.7 Å². The summed E-state index contributed by atoms with van der Waals surface area (Å²) in [5.74, 6) is -0.962. The maximum Gasteiger partial charge on any atom is 0.283 e. The van der Waals surface area contributed by atoms with Crippen LogP contribution in [0.2, 0.25) is 0 Å². The normalized spacial score (nSPS) is 10.5. The number of thiophene rings is 1. The van der Waals surface area contributed by atoms with Crippen LogP contribution in [0.25, 0.3) is 10.4 Å². The van der Waals surface area contributed by atoms with E-state index in [9.17, 15) is 19.7 Å². The number of hydrogen-bond acceptors (Lipinski definition) is 6. The quantitative estimate of drug-likeness (QED) is 0.171. The first kappa shape index (κ1) is 20.1. The van der Waals surface area contributed by atoms with Gasteiger partial charge in [0.2, 0.25) is 11.7 Å². The van der Waals surface area contributed by atoms with E-state index in [4.69, 9.17) is 5.21 Å². The number of carbonyl (C=O) groups excluding carboxylic acids is 2. The predicted molar refractivity (Wildman–Crippen MR) is 113 cm³/mol. The molecule has 3 aromatic rings. The molecule has 0 aliphatic carbocycles. The molecule has 0 bridgehead atoms. The minimum Gasteiger partial charge on any atom is -0.289 e. The molecule has 0 saturated heterocycles. The lowest BCUT2D eigenvalue weighted by molar-refractivity contribution is -0.385. The molecule has 0 fully saturated rings. The molecular formula is C19H13IN2O5S. The van der Waals surface area contributed by atoms with Crippen LogP contribution < -0.4 is 5.48 Å². The lowest BCUT2D eigenvalue weighted by Crippen LogP contribution is -2.20. The Morgan fingerprint density at radius 3 is 2.50 bits per heavy atom. The van der Waals surface area contributed by atoms with Crippen molar-refractivity contribution in [2.24, 2.45) is 0 Å². The Bertz CT molecular complexity index is 1070. The van der Waals surface area contributed by atoms with E-state index >= 15 is 0 Å². The highest BCUT2D eigenvalue weighted by Crippen LogP contribution is 2.35. The zero-order chi connectivity index (χ0) is 20.3. The smallest absolute Gasteiger partial charge is 0.283 e. The van der Waals surface area contributed by atoms with Gasteiger partial charge in [-0.1, -0.05) is 30.3 Å². The van der Waals surface area contributed by atoms with Crippen molar-refractivity contribution in [2.75, 3.05) is 0 Å². The number of benzene rings is 2. The van der Waals surface area contributed by atoms with Gasteiger partial charge in [0.15, 0.2) is 0 Å². The fourth-order valence-corrected chi connectivity index (χ4v) is 4.33. The van der Waals surface area contributed by atoms with Crippen molar-refractivity contribution in [3.8, 4) is 10.4 Å². The van der Waals surface area contributed by atoms with Crippen LogP contribution in [-0.4, -0.2) is 21.8 Å². The Morgan fingerprint density at radius 1 is 1.14 bits per heavy atom. The van der Waals surface area contributed by atoms with E-state index in [-0.39, 0.29) is 23.5 Å². The molecule has 2 aromatic carbocycles. The van der Waals surface area contributed by atoms with Gasteiger partial charge in [-0.25, -0.2) is 5.48 Å². The minimum absolute atomic E-state index is 0.0999. The zero-order valence-electron chi connectivity index (χ0n) is 14.2. The highest BCUT2D eigenvalue weighted by Gasteiger charge is 2.21. The Kier molecular flexibility index (Phi) is 6.17. The molecule has 3 rings (SSSR count). The second-order valence-corrected chi connectivity index (χ2v) is 8.01. The summed E-state index contributed by atoms with van der Waals surface area (Å²) in [6.45, 7) is 0. The summed E-state index contributed by atoms with van der Waals surface area (Å²) in [4.78, 5) is 36.3. The SMILES string of the molecule is O=C(Cc1cc(C(=O)c2ccc(I)c([N+](=O)[O-])c2)sc1-c1ccccc1)NO. The number of nitro groups is 1. The van der Waals surface area contributed by atoms with Crippen LogP contribution in [0, 0.1) is 13.7 Å². The van der Waals surface area contributed by atoms with E-state index in [0.29, 0.717) is 14.0 Å². The van der Waals surface area contributed by atoms with Gasteiger partial charge in [-0.2, -0.15) is 0 Å². The molecule has 0 saturated carbocycles. The van der Waals surface area contributed by atoms with E-state index < -0.39 is 10.8 Å². The van der Waals surface area contributed by atoms with Gasteiger partial charge >= 0.3 is 0 Å². The molecule has 9 heteroatoms. The van der Waals surface area contributed by atoms with Crippen LogP contribution in [0.3, 0.4) is 0 Å². The Hall–Kier alpha value is -2.63. The first-order valence-electron chi connectivity index (χ1n) is 8.00. The summed E-state index contributed by atoms with van der Waals surface area (Å²) < 4.78 is 0.440. The average Bonchev–Trinajstić information content (AvgIpc) is 3.11. The van der Waals surface area contributed by atoms with E-state index in [0.717, 1.165) is 10.4 Å². The van der Waals surface area contributed by atoms with Crippen molar-refractivity contribution in [3.05, 3.63) is 84.3 Å². The van der Waals surface area contributed by atoms with Gasteiger partial charge in [0.25, 0.3) is 5.69 Å². The number of rotatable bonds is 6. The first-order chi connectivity index (χ1) is 13.4. The summed E-state index contributed by atoms with van der Waals surface area (Å²) in [5.41, 5.74) is 3.08. The largest absolute Gasteiger partial charge is 0.289 e. The number of amides is 1. The van der Waals surface area contributed by atoms with E-state index in [2.05, 4.69) is 0 Å². The number of hydroxylamine groups is 1. The van der Waals surface area contributed by atoms with Gasteiger partial charge in [-0.3, -0.25) is 24.9 Å². The molecule has 0 aliphatic rings. The molecule has 2 N–H and O–H groups in total. The van der Waals surface area contributed by atoms with E-state index in [1.165, 1.54) is 23.5 Å². The summed E-state index contributed by atoms with van der Waals surface area (Å²) >= 11 is 3.05. The summed E-state index contributed by atoms with van der Waals surface area (Å²) in [6.07, 6.45) is -0.0999. The van der Waals surface area contributed by atoms with E-state index in [1.54, 1.807) is 17.6 Å². The second-order valence-electron chi connectivity index (χ2n) is 5.80. The van der Waals surface area contributed by atoms with Crippen LogP contribution in [0.5, 0.6) is 0 Å². The third-order valence-corrected chi connectivity index (χ3v) is 6.09. The van der Waals surface area contributed by atoms with Gasteiger partial charge in [-0.15, -0.1) is 11.3 Å². The monoisotopic (exact) mass is 508 g/mol. The summed E-state index contributed by atoms with van der Waals surface area (Å²) in [7, 11) is 0. The Labute approximate surface area is 177 Å². The molecule has 0 aliphatic heterocycles. The number of halogens is 1. The third-order valence-electron chi connectivity index (χ3n) is 3.95. The molecule has 1 amide bonds. The van der Waals surface area contributed by atoms with Crippen molar-refractivity contribution in [1.29, 1.82) is 0 Å². The zero-order valence-corrected chi connectivity index (χ0v) is 17.2. The van der Waals surface area contributed by atoms with Gasteiger partial charge < -0.3 is 0 Å². The molecule has 0 atom stereocenters. The molecule has 1 heterocycles. The summed E-state index contributed by atoms with van der Waals surface area (Å²) in [5, 5.41) is 20.0. The summed E-state index contributed by atoms with van der Waals surface area (Å²) in [6, 6.07) is 15.2.